The Morgan fingerprint density at radius 2 is 1.22 bits per heavy atom. The highest BCUT2D eigenvalue weighted by atomic mass is 19.4. The van der Waals surface area contributed by atoms with Gasteiger partial charge in [0.25, 0.3) is 0 Å². The molecular weight excluding hydrogens is 601 g/mol. The zero-order valence-electron chi connectivity index (χ0n) is 25.2. The Hall–Kier alpha value is -4.77. The molecule has 2 aliphatic rings. The second-order valence-corrected chi connectivity index (χ2v) is 11.8. The minimum atomic E-state index is -4.35. The van der Waals surface area contributed by atoms with Crippen LogP contribution in [0.1, 0.15) is 74.9 Å². The Morgan fingerprint density at radius 3 is 1.65 bits per heavy atom. The van der Waals surface area contributed by atoms with E-state index < -0.39 is 11.7 Å². The molecule has 2 aromatic heterocycles. The van der Waals surface area contributed by atoms with Crippen LogP contribution in [0, 0.1) is 0 Å². The van der Waals surface area contributed by atoms with E-state index in [1.807, 2.05) is 30.3 Å². The van der Waals surface area contributed by atoms with Crippen LogP contribution in [0.4, 0.5) is 13.2 Å². The number of hydrogen-bond acceptors (Lipinski definition) is 6. The normalized spacial score (nSPS) is 20.7. The molecule has 2 aliphatic carbocycles. The van der Waals surface area contributed by atoms with Crippen LogP contribution >= 0.6 is 0 Å². The first-order valence-electron chi connectivity index (χ1n) is 14.9. The third kappa shape index (κ3) is 6.32. The number of halogens is 3. The molecule has 2 fully saturated rings. The molecular formula is C35H33F3N2O6. The maximum absolute atomic E-state index is 12.6. The number of rotatable bonds is 6. The lowest BCUT2D eigenvalue weighted by Gasteiger charge is -2.35. The van der Waals surface area contributed by atoms with Crippen molar-refractivity contribution in [3.8, 4) is 5.75 Å². The highest BCUT2D eigenvalue weighted by molar-refractivity contribution is 6.05. The van der Waals surface area contributed by atoms with E-state index in [4.69, 9.17) is 14.2 Å². The standard InChI is InChI=1S/C21H18F3NO3.C14H15NO3/c1-27-20(26)18-11-25-19-7-2-12(10-17(18)19)13-8-16(9-13)28-15-5-3-14(4-6-15)21(22,23)24;1-18-14(17)12-7-15-13-3-2-8(6-11(12)13)9-4-10(16)5-9/h2-7,10-11,13,16,25H,8-9H2,1H3;2-3,6-7,9-10,15-16H,4-5H2,1H3/t13-,16-;9-,10+. The van der Waals surface area contributed by atoms with E-state index in [1.54, 1.807) is 12.4 Å². The second-order valence-electron chi connectivity index (χ2n) is 11.8. The van der Waals surface area contributed by atoms with E-state index in [0.717, 1.165) is 65.2 Å². The summed E-state index contributed by atoms with van der Waals surface area (Å²) in [5, 5.41) is 11.1. The number of methoxy groups -OCH3 is 2. The van der Waals surface area contributed by atoms with Crippen molar-refractivity contribution in [2.45, 2.75) is 55.9 Å². The molecule has 0 aliphatic heterocycles. The van der Waals surface area contributed by atoms with Crippen molar-refractivity contribution in [1.82, 2.24) is 9.97 Å². The fraction of sp³-hybridized carbons (Fsp3) is 0.314. The van der Waals surface area contributed by atoms with E-state index in [9.17, 15) is 27.9 Å². The van der Waals surface area contributed by atoms with Gasteiger partial charge in [0.2, 0.25) is 0 Å². The molecule has 0 saturated heterocycles. The van der Waals surface area contributed by atoms with Gasteiger partial charge >= 0.3 is 18.1 Å². The minimum Gasteiger partial charge on any atom is -0.490 e. The number of esters is 2. The van der Waals surface area contributed by atoms with E-state index in [2.05, 4.69) is 16.0 Å². The molecule has 11 heteroatoms. The summed E-state index contributed by atoms with van der Waals surface area (Å²) < 4.78 is 53.2. The van der Waals surface area contributed by atoms with Crippen molar-refractivity contribution >= 4 is 33.7 Å². The van der Waals surface area contributed by atoms with E-state index in [0.29, 0.717) is 22.8 Å². The molecule has 0 bridgehead atoms. The molecule has 7 rings (SSSR count). The average molecular weight is 635 g/mol. The summed E-state index contributed by atoms with van der Waals surface area (Å²) in [5.74, 6) is 0.409. The molecule has 240 valence electrons. The lowest BCUT2D eigenvalue weighted by atomic mass is 9.77. The lowest BCUT2D eigenvalue weighted by Crippen LogP contribution is -2.32. The van der Waals surface area contributed by atoms with Gasteiger partial charge < -0.3 is 29.3 Å². The van der Waals surface area contributed by atoms with Gasteiger partial charge in [0.05, 0.1) is 43.1 Å². The maximum atomic E-state index is 12.6. The SMILES string of the molecule is COC(=O)c1c[nH]c2ccc([C@H]3C[C@@H](O)C3)cc12.COC(=O)c1c[nH]c2ccc([C@H]3C[C@H](Oc4ccc(C(F)(F)F)cc4)C3)cc12. The van der Waals surface area contributed by atoms with Gasteiger partial charge in [-0.15, -0.1) is 0 Å². The molecule has 5 aromatic rings. The quantitative estimate of drug-likeness (QED) is 0.167. The van der Waals surface area contributed by atoms with Gasteiger partial charge in [-0.05, 0) is 97.2 Å². The fourth-order valence-corrected chi connectivity index (χ4v) is 6.05. The van der Waals surface area contributed by atoms with Crippen molar-refractivity contribution in [3.05, 3.63) is 101 Å². The molecule has 3 N–H and O–H groups in total. The Balaban J connectivity index is 0.000000178. The third-order valence-electron chi connectivity index (χ3n) is 8.86. The number of hydrogen-bond donors (Lipinski definition) is 3. The van der Waals surface area contributed by atoms with Crippen molar-refractivity contribution in [2.24, 2.45) is 0 Å². The molecule has 0 unspecified atom stereocenters. The van der Waals surface area contributed by atoms with E-state index >= 15 is 0 Å². The van der Waals surface area contributed by atoms with Crippen LogP contribution in [-0.4, -0.2) is 53.4 Å². The van der Waals surface area contributed by atoms with Gasteiger partial charge in [0.15, 0.2) is 0 Å². The van der Waals surface area contributed by atoms with Gasteiger partial charge in [0, 0.05) is 34.2 Å². The fourth-order valence-electron chi connectivity index (χ4n) is 6.05. The highest BCUT2D eigenvalue weighted by Gasteiger charge is 2.34. The lowest BCUT2D eigenvalue weighted by molar-refractivity contribution is -0.137. The van der Waals surface area contributed by atoms with Crippen molar-refractivity contribution in [2.75, 3.05) is 14.2 Å². The van der Waals surface area contributed by atoms with Crippen molar-refractivity contribution in [3.63, 3.8) is 0 Å². The summed E-state index contributed by atoms with van der Waals surface area (Å²) in [6.45, 7) is 0. The van der Waals surface area contributed by atoms with Gasteiger partial charge in [-0.2, -0.15) is 13.2 Å². The number of alkyl halides is 3. The van der Waals surface area contributed by atoms with Gasteiger partial charge in [-0.25, -0.2) is 9.59 Å². The number of carbonyl (C=O) groups is 2. The molecule has 3 aromatic carbocycles. The number of aromatic amines is 2. The Morgan fingerprint density at radius 1 is 0.739 bits per heavy atom. The Kier molecular flexibility index (Phi) is 8.52. The molecule has 0 atom stereocenters. The Labute approximate surface area is 262 Å². The summed E-state index contributed by atoms with van der Waals surface area (Å²) in [6, 6.07) is 16.7. The average Bonchev–Trinajstić information content (AvgIpc) is 3.64. The predicted molar refractivity (Wildman–Crippen MR) is 165 cm³/mol. The first-order valence-corrected chi connectivity index (χ1v) is 14.9. The molecule has 8 nitrogen and oxygen atoms in total. The second kappa shape index (κ2) is 12.6. The molecule has 2 heterocycles. The zero-order valence-corrected chi connectivity index (χ0v) is 25.2. The van der Waals surface area contributed by atoms with Crippen LogP contribution in [0.25, 0.3) is 21.8 Å². The first kappa shape index (κ1) is 31.2. The van der Waals surface area contributed by atoms with Gasteiger partial charge in [-0.3, -0.25) is 0 Å². The molecule has 0 amide bonds. The number of nitrogens with one attached hydrogen (secondary N) is 2. The predicted octanol–water partition coefficient (Wildman–Crippen LogP) is 7.49. The van der Waals surface area contributed by atoms with Crippen LogP contribution < -0.4 is 4.74 Å². The summed E-state index contributed by atoms with van der Waals surface area (Å²) in [5.41, 5.74) is 4.44. The third-order valence-corrected chi connectivity index (χ3v) is 8.86. The zero-order chi connectivity index (χ0) is 32.6. The topological polar surface area (TPSA) is 114 Å². The number of H-pyrrole nitrogens is 2. The monoisotopic (exact) mass is 634 g/mol. The molecule has 0 spiro atoms. The molecule has 0 radical (unpaired) electrons. The van der Waals surface area contributed by atoms with E-state index in [-0.39, 0.29) is 30.1 Å². The number of aromatic nitrogens is 2. The summed E-state index contributed by atoms with van der Waals surface area (Å²) in [7, 11) is 2.73. The maximum Gasteiger partial charge on any atom is 0.416 e. The van der Waals surface area contributed by atoms with Crippen LogP contribution in [0.5, 0.6) is 5.75 Å². The van der Waals surface area contributed by atoms with Gasteiger partial charge in [-0.1, -0.05) is 12.1 Å². The molecule has 46 heavy (non-hydrogen) atoms. The number of carbonyl (C=O) groups excluding carboxylic acids is 2. The number of aliphatic hydroxyl groups is 1. The van der Waals surface area contributed by atoms with Crippen LogP contribution in [0.3, 0.4) is 0 Å². The van der Waals surface area contributed by atoms with Gasteiger partial charge in [0.1, 0.15) is 5.75 Å². The largest absolute Gasteiger partial charge is 0.490 e. The summed E-state index contributed by atoms with van der Waals surface area (Å²) in [4.78, 5) is 29.6. The van der Waals surface area contributed by atoms with E-state index in [1.165, 1.54) is 31.9 Å². The Bertz CT molecular complexity index is 1870. The number of aliphatic hydroxyl groups excluding tert-OH is 1. The number of ether oxygens (including phenoxy) is 3. The smallest absolute Gasteiger partial charge is 0.416 e. The molecule has 2 saturated carbocycles. The number of benzene rings is 3. The highest BCUT2D eigenvalue weighted by Crippen LogP contribution is 2.41. The van der Waals surface area contributed by atoms with Crippen LogP contribution in [0.2, 0.25) is 0 Å². The summed E-state index contributed by atoms with van der Waals surface area (Å²) in [6.07, 6.45) is 1.91. The minimum absolute atomic E-state index is 0.0382. The summed E-state index contributed by atoms with van der Waals surface area (Å²) >= 11 is 0. The van der Waals surface area contributed by atoms with Crippen LogP contribution in [0.15, 0.2) is 73.1 Å². The van der Waals surface area contributed by atoms with Crippen molar-refractivity contribution < 1.29 is 42.1 Å². The number of fused-ring (bicyclic) bond motifs is 2. The van der Waals surface area contributed by atoms with Crippen molar-refractivity contribution in [1.29, 1.82) is 0 Å². The first-order chi connectivity index (χ1) is 22.0. The van der Waals surface area contributed by atoms with Crippen LogP contribution in [-0.2, 0) is 15.7 Å².